The maximum atomic E-state index is 13.6. The molecule has 0 bridgehead atoms. The van der Waals surface area contributed by atoms with Crippen molar-refractivity contribution in [2.45, 2.75) is 40.2 Å². The number of hydrogen-bond donors (Lipinski definition) is 5. The number of hydrogen-bond acceptors (Lipinski definition) is 5. The average molecular weight is 490 g/mol. The lowest BCUT2D eigenvalue weighted by Crippen LogP contribution is -2.53. The van der Waals surface area contributed by atoms with Gasteiger partial charge in [0.05, 0.1) is 11.9 Å². The third kappa shape index (κ3) is 5.19. The Morgan fingerprint density at radius 1 is 1.17 bits per heavy atom. The van der Waals surface area contributed by atoms with Gasteiger partial charge in [0.1, 0.15) is 11.5 Å². The summed E-state index contributed by atoms with van der Waals surface area (Å²) >= 11 is 0. The summed E-state index contributed by atoms with van der Waals surface area (Å²) in [5, 5.41) is 23.4. The highest BCUT2D eigenvalue weighted by Crippen LogP contribution is 2.43. The van der Waals surface area contributed by atoms with Crippen LogP contribution in [0.4, 0.5) is 5.69 Å². The van der Waals surface area contributed by atoms with Crippen molar-refractivity contribution in [3.63, 3.8) is 0 Å². The molecular formula is C27H31N5O4. The van der Waals surface area contributed by atoms with E-state index in [9.17, 15) is 19.5 Å². The summed E-state index contributed by atoms with van der Waals surface area (Å²) in [4.78, 5) is 43.6. The number of amides is 2. The number of nitrogen functional groups attached to an aromatic ring is 1. The van der Waals surface area contributed by atoms with E-state index in [0.29, 0.717) is 11.3 Å². The van der Waals surface area contributed by atoms with Crippen molar-refractivity contribution in [3.8, 4) is 0 Å². The van der Waals surface area contributed by atoms with E-state index in [0.717, 1.165) is 0 Å². The topological polar surface area (TPSA) is 158 Å². The number of carbonyl (C=O) groups is 3. The van der Waals surface area contributed by atoms with Crippen LogP contribution in [0.25, 0.3) is 5.57 Å². The maximum absolute atomic E-state index is 13.6. The molecular weight excluding hydrogens is 458 g/mol. The molecule has 1 aliphatic carbocycles. The van der Waals surface area contributed by atoms with Crippen molar-refractivity contribution >= 4 is 34.9 Å². The van der Waals surface area contributed by atoms with Crippen molar-refractivity contribution < 1.29 is 19.5 Å². The zero-order valence-corrected chi connectivity index (χ0v) is 20.8. The van der Waals surface area contributed by atoms with E-state index < -0.39 is 23.2 Å². The lowest BCUT2D eigenvalue weighted by molar-refractivity contribution is -0.152. The van der Waals surface area contributed by atoms with Gasteiger partial charge in [-0.05, 0) is 48.1 Å². The van der Waals surface area contributed by atoms with Crippen LogP contribution in [-0.4, -0.2) is 39.8 Å². The predicted molar refractivity (Wildman–Crippen MR) is 139 cm³/mol. The number of benzene rings is 1. The van der Waals surface area contributed by atoms with Gasteiger partial charge in [-0.2, -0.15) is 0 Å². The minimum absolute atomic E-state index is 0.0523. The van der Waals surface area contributed by atoms with Crippen molar-refractivity contribution in [3.05, 3.63) is 77.6 Å². The molecule has 9 heteroatoms. The number of nitrogens with zero attached hydrogens (tertiary/aromatic N) is 1. The minimum atomic E-state index is -1.91. The van der Waals surface area contributed by atoms with Gasteiger partial charge in [0.25, 0.3) is 5.91 Å². The first-order valence-electron chi connectivity index (χ1n) is 11.5. The van der Waals surface area contributed by atoms with E-state index in [1.54, 1.807) is 48.6 Å². The van der Waals surface area contributed by atoms with E-state index in [4.69, 9.17) is 11.1 Å². The summed E-state index contributed by atoms with van der Waals surface area (Å²) in [6.07, 6.45) is 6.24. The molecule has 0 fully saturated rings. The fourth-order valence-corrected chi connectivity index (χ4v) is 3.77. The third-order valence-corrected chi connectivity index (χ3v) is 6.44. The molecule has 0 saturated carbocycles. The maximum Gasteiger partial charge on any atom is 0.324 e. The van der Waals surface area contributed by atoms with Crippen LogP contribution in [-0.2, 0) is 9.59 Å². The monoisotopic (exact) mass is 489 g/mol. The first kappa shape index (κ1) is 26.3. The van der Waals surface area contributed by atoms with Crippen LogP contribution in [0.2, 0.25) is 0 Å². The molecule has 2 amide bonds. The summed E-state index contributed by atoms with van der Waals surface area (Å²) in [5.74, 6) is -2.62. The molecule has 188 valence electrons. The Kier molecular flexibility index (Phi) is 7.43. The van der Waals surface area contributed by atoms with Crippen molar-refractivity contribution in [2.24, 2.45) is 16.6 Å². The second-order valence-electron chi connectivity index (χ2n) is 9.83. The number of rotatable bonds is 7. The standard InChI is InChI=1S/C27H31N5O4/c1-16(26(2,3)4)31-24(34)27(25(35)36)14-8-7-11-20(27)18-9-5-6-10-19(18)23(33)32-17-12-13-21(22(28)29)30-15-17/h5-13,15-16H,14H2,1-4H3,(H3,28,29)(H,31,34)(H,32,33)(H,35,36). The smallest absolute Gasteiger partial charge is 0.324 e. The summed E-state index contributed by atoms with van der Waals surface area (Å²) in [5.41, 5.74) is 4.66. The van der Waals surface area contributed by atoms with Crippen LogP contribution < -0.4 is 16.4 Å². The number of carboxylic acid groups (broad SMARTS) is 1. The van der Waals surface area contributed by atoms with E-state index >= 15 is 0 Å². The molecule has 0 radical (unpaired) electrons. The summed E-state index contributed by atoms with van der Waals surface area (Å²) in [7, 11) is 0. The second kappa shape index (κ2) is 10.2. The average Bonchev–Trinajstić information content (AvgIpc) is 2.83. The van der Waals surface area contributed by atoms with Gasteiger partial charge in [-0.1, -0.05) is 57.2 Å². The van der Waals surface area contributed by atoms with Crippen LogP contribution >= 0.6 is 0 Å². The molecule has 36 heavy (non-hydrogen) atoms. The molecule has 1 aromatic carbocycles. The van der Waals surface area contributed by atoms with E-state index in [2.05, 4.69) is 15.6 Å². The lowest BCUT2D eigenvalue weighted by Gasteiger charge is -2.36. The molecule has 3 rings (SSSR count). The van der Waals surface area contributed by atoms with Gasteiger partial charge in [-0.25, -0.2) is 0 Å². The molecule has 1 aromatic heterocycles. The molecule has 2 atom stereocenters. The zero-order chi connectivity index (χ0) is 26.7. The zero-order valence-electron chi connectivity index (χ0n) is 20.8. The SMILES string of the molecule is CC(NC(=O)C1(C(=O)O)CC=CC=C1c1ccccc1C(=O)Nc1ccc(C(=N)N)nc1)C(C)(C)C. The predicted octanol–water partition coefficient (Wildman–Crippen LogP) is 3.58. The van der Waals surface area contributed by atoms with Gasteiger partial charge in [0, 0.05) is 11.6 Å². The van der Waals surface area contributed by atoms with Gasteiger partial charge in [0.2, 0.25) is 5.91 Å². The molecule has 1 aliphatic rings. The van der Waals surface area contributed by atoms with Crippen molar-refractivity contribution in [2.75, 3.05) is 5.32 Å². The fraction of sp³-hybridized carbons (Fsp3) is 0.296. The Labute approximate surface area is 210 Å². The number of nitrogens with two attached hydrogens (primary N) is 1. The number of amidine groups is 1. The first-order chi connectivity index (χ1) is 16.9. The quantitative estimate of drug-likeness (QED) is 0.227. The molecule has 1 heterocycles. The summed E-state index contributed by atoms with van der Waals surface area (Å²) in [6, 6.07) is 9.34. The van der Waals surface area contributed by atoms with Crippen LogP contribution in [0.15, 0.2) is 60.8 Å². The number of aromatic nitrogens is 1. The number of pyridine rings is 1. The van der Waals surface area contributed by atoms with E-state index in [-0.39, 0.29) is 40.5 Å². The second-order valence-corrected chi connectivity index (χ2v) is 9.83. The molecule has 2 unspecified atom stereocenters. The summed E-state index contributed by atoms with van der Waals surface area (Å²) < 4.78 is 0. The Morgan fingerprint density at radius 3 is 2.44 bits per heavy atom. The van der Waals surface area contributed by atoms with E-state index in [1.807, 2.05) is 27.7 Å². The van der Waals surface area contributed by atoms with Crippen LogP contribution in [0.1, 0.15) is 55.7 Å². The normalized spacial score (nSPS) is 18.1. The number of nitrogens with one attached hydrogen (secondary N) is 3. The van der Waals surface area contributed by atoms with E-state index in [1.165, 1.54) is 12.3 Å². The Hall–Kier alpha value is -4.27. The number of aliphatic carboxylic acids is 1. The van der Waals surface area contributed by atoms with Gasteiger partial charge in [0.15, 0.2) is 5.41 Å². The number of carboxylic acids is 1. The van der Waals surface area contributed by atoms with Gasteiger partial charge < -0.3 is 21.5 Å². The largest absolute Gasteiger partial charge is 0.480 e. The number of carbonyl (C=O) groups excluding carboxylic acids is 2. The molecule has 0 saturated heterocycles. The molecule has 2 aromatic rings. The highest BCUT2D eigenvalue weighted by molar-refractivity contribution is 6.17. The number of allylic oxidation sites excluding steroid dienone is 3. The fourth-order valence-electron chi connectivity index (χ4n) is 3.77. The lowest BCUT2D eigenvalue weighted by atomic mass is 9.70. The highest BCUT2D eigenvalue weighted by Gasteiger charge is 2.51. The van der Waals surface area contributed by atoms with Gasteiger partial charge in [-0.3, -0.25) is 24.8 Å². The van der Waals surface area contributed by atoms with Crippen LogP contribution in [0, 0.1) is 16.2 Å². The summed E-state index contributed by atoms with van der Waals surface area (Å²) in [6.45, 7) is 7.71. The Balaban J connectivity index is 2.02. The molecule has 0 aliphatic heterocycles. The van der Waals surface area contributed by atoms with Gasteiger partial charge in [-0.15, -0.1) is 0 Å². The van der Waals surface area contributed by atoms with Crippen molar-refractivity contribution in [1.29, 1.82) is 5.41 Å². The number of anilines is 1. The minimum Gasteiger partial charge on any atom is -0.480 e. The molecule has 0 spiro atoms. The third-order valence-electron chi connectivity index (χ3n) is 6.44. The van der Waals surface area contributed by atoms with Crippen molar-refractivity contribution in [1.82, 2.24) is 10.3 Å². The Morgan fingerprint density at radius 2 is 1.86 bits per heavy atom. The molecule has 6 N–H and O–H groups in total. The highest BCUT2D eigenvalue weighted by atomic mass is 16.4. The first-order valence-corrected chi connectivity index (χ1v) is 11.5. The van der Waals surface area contributed by atoms with Crippen LogP contribution in [0.5, 0.6) is 0 Å². The van der Waals surface area contributed by atoms with Gasteiger partial charge >= 0.3 is 5.97 Å². The Bertz CT molecular complexity index is 1260. The molecule has 9 nitrogen and oxygen atoms in total. The van der Waals surface area contributed by atoms with Crippen LogP contribution in [0.3, 0.4) is 0 Å².